The summed E-state index contributed by atoms with van der Waals surface area (Å²) < 4.78 is 13.6. The Morgan fingerprint density at radius 3 is 2.75 bits per heavy atom. The number of hydrogen-bond donors (Lipinski definition) is 2. The van der Waals surface area contributed by atoms with Gasteiger partial charge >= 0.3 is 0 Å². The second kappa shape index (κ2) is 5.75. The Bertz CT molecular complexity index is 664. The third kappa shape index (κ3) is 2.97. The van der Waals surface area contributed by atoms with E-state index in [2.05, 4.69) is 5.32 Å². The molecule has 0 saturated heterocycles. The topological polar surface area (TPSA) is 75.4 Å². The van der Waals surface area contributed by atoms with Crippen LogP contribution in [0.5, 0.6) is 5.75 Å². The first kappa shape index (κ1) is 14.1. The number of nitro benzene ring substituents is 1. The van der Waals surface area contributed by atoms with Crippen LogP contribution in [0.2, 0.25) is 5.02 Å². The van der Waals surface area contributed by atoms with Crippen LogP contribution in [0.3, 0.4) is 0 Å². The number of halogens is 2. The van der Waals surface area contributed by atoms with E-state index < -0.39 is 10.7 Å². The smallest absolute Gasteiger partial charge is 0.295 e. The minimum atomic E-state index is -0.705. The summed E-state index contributed by atoms with van der Waals surface area (Å²) in [6, 6.07) is 8.11. The molecule has 0 heterocycles. The quantitative estimate of drug-likeness (QED) is 0.666. The Morgan fingerprint density at radius 2 is 2.10 bits per heavy atom. The molecule has 104 valence electrons. The van der Waals surface area contributed by atoms with Crippen LogP contribution in [-0.2, 0) is 6.54 Å². The van der Waals surface area contributed by atoms with Gasteiger partial charge in [0.15, 0.2) is 5.82 Å². The van der Waals surface area contributed by atoms with E-state index in [1.807, 2.05) is 0 Å². The third-order valence-corrected chi connectivity index (χ3v) is 2.97. The molecule has 0 aliphatic carbocycles. The van der Waals surface area contributed by atoms with Crippen molar-refractivity contribution in [1.29, 1.82) is 0 Å². The average molecular weight is 297 g/mol. The molecule has 0 aliphatic rings. The first-order valence-electron chi connectivity index (χ1n) is 5.63. The summed E-state index contributed by atoms with van der Waals surface area (Å²) in [5.74, 6) is -0.767. The molecule has 0 bridgehead atoms. The molecular formula is C13H10ClFN2O3. The van der Waals surface area contributed by atoms with Crippen molar-refractivity contribution in [1.82, 2.24) is 0 Å². The fraction of sp³-hybridized carbons (Fsp3) is 0.0769. The SMILES string of the molecule is O=[N+]([O-])c1cccc(F)c1NCc1ccc(O)c(Cl)c1. The Labute approximate surface area is 118 Å². The van der Waals surface area contributed by atoms with E-state index in [1.54, 1.807) is 6.07 Å². The van der Waals surface area contributed by atoms with Crippen LogP contribution in [0.25, 0.3) is 0 Å². The Balaban J connectivity index is 2.22. The molecule has 2 aromatic carbocycles. The highest BCUT2D eigenvalue weighted by Crippen LogP contribution is 2.28. The largest absolute Gasteiger partial charge is 0.506 e. The molecule has 0 aromatic heterocycles. The molecule has 2 N–H and O–H groups in total. The summed E-state index contributed by atoms with van der Waals surface area (Å²) in [7, 11) is 0. The second-order valence-electron chi connectivity index (χ2n) is 4.03. The van der Waals surface area contributed by atoms with Gasteiger partial charge in [0.25, 0.3) is 5.69 Å². The van der Waals surface area contributed by atoms with Crippen LogP contribution < -0.4 is 5.32 Å². The monoisotopic (exact) mass is 296 g/mol. The summed E-state index contributed by atoms with van der Waals surface area (Å²) in [6.07, 6.45) is 0. The van der Waals surface area contributed by atoms with Gasteiger partial charge in [-0.15, -0.1) is 0 Å². The molecule has 7 heteroatoms. The van der Waals surface area contributed by atoms with Crippen LogP contribution in [-0.4, -0.2) is 10.0 Å². The van der Waals surface area contributed by atoms with Crippen LogP contribution >= 0.6 is 11.6 Å². The summed E-state index contributed by atoms with van der Waals surface area (Å²) in [6.45, 7) is 0.141. The van der Waals surface area contributed by atoms with Gasteiger partial charge < -0.3 is 10.4 Å². The summed E-state index contributed by atoms with van der Waals surface area (Å²) >= 11 is 5.75. The molecule has 0 unspecified atom stereocenters. The molecule has 0 atom stereocenters. The molecule has 0 aliphatic heterocycles. The van der Waals surface area contributed by atoms with Gasteiger partial charge in [-0.3, -0.25) is 10.1 Å². The standard InChI is InChI=1S/C13H10ClFN2O3/c14-9-6-8(4-5-12(9)18)7-16-13-10(15)2-1-3-11(13)17(19)20/h1-6,16,18H,7H2. The number of para-hydroxylation sites is 1. The molecule has 0 amide bonds. The number of anilines is 1. The van der Waals surface area contributed by atoms with Gasteiger partial charge in [-0.2, -0.15) is 0 Å². The van der Waals surface area contributed by atoms with Crippen molar-refractivity contribution < 1.29 is 14.4 Å². The van der Waals surface area contributed by atoms with Gasteiger partial charge in [-0.25, -0.2) is 4.39 Å². The molecule has 0 fully saturated rings. The van der Waals surface area contributed by atoms with Crippen molar-refractivity contribution >= 4 is 23.0 Å². The maximum atomic E-state index is 13.6. The number of phenolic OH excluding ortho intramolecular Hbond substituents is 1. The predicted molar refractivity (Wildman–Crippen MR) is 73.5 cm³/mol. The third-order valence-electron chi connectivity index (χ3n) is 2.67. The van der Waals surface area contributed by atoms with Crippen LogP contribution in [0, 0.1) is 15.9 Å². The highest BCUT2D eigenvalue weighted by Gasteiger charge is 2.17. The second-order valence-corrected chi connectivity index (χ2v) is 4.44. The Morgan fingerprint density at radius 1 is 1.35 bits per heavy atom. The van der Waals surface area contributed by atoms with E-state index in [4.69, 9.17) is 11.6 Å². The molecule has 20 heavy (non-hydrogen) atoms. The van der Waals surface area contributed by atoms with Crippen molar-refractivity contribution in [2.24, 2.45) is 0 Å². The fourth-order valence-electron chi connectivity index (χ4n) is 1.69. The van der Waals surface area contributed by atoms with Crippen LogP contribution in [0.15, 0.2) is 36.4 Å². The fourth-order valence-corrected chi connectivity index (χ4v) is 1.89. The lowest BCUT2D eigenvalue weighted by molar-refractivity contribution is -0.384. The molecule has 0 spiro atoms. The van der Waals surface area contributed by atoms with E-state index in [1.165, 1.54) is 24.3 Å². The van der Waals surface area contributed by atoms with E-state index in [9.17, 15) is 19.6 Å². The minimum Gasteiger partial charge on any atom is -0.506 e. The van der Waals surface area contributed by atoms with Gasteiger partial charge in [0.2, 0.25) is 0 Å². The maximum absolute atomic E-state index is 13.6. The Kier molecular flexibility index (Phi) is 4.05. The van der Waals surface area contributed by atoms with Crippen molar-refractivity contribution in [2.75, 3.05) is 5.32 Å². The van der Waals surface area contributed by atoms with Crippen molar-refractivity contribution in [2.45, 2.75) is 6.54 Å². The lowest BCUT2D eigenvalue weighted by Crippen LogP contribution is -2.04. The minimum absolute atomic E-state index is 0.0627. The highest BCUT2D eigenvalue weighted by atomic mass is 35.5. The van der Waals surface area contributed by atoms with Gasteiger partial charge in [0.1, 0.15) is 11.4 Å². The first-order valence-corrected chi connectivity index (χ1v) is 6.01. The van der Waals surface area contributed by atoms with Crippen molar-refractivity contribution in [3.63, 3.8) is 0 Å². The van der Waals surface area contributed by atoms with Crippen molar-refractivity contribution in [3.8, 4) is 5.75 Å². The number of nitro groups is 1. The molecular weight excluding hydrogens is 287 g/mol. The zero-order valence-electron chi connectivity index (χ0n) is 10.1. The van der Waals surface area contributed by atoms with E-state index in [0.29, 0.717) is 5.56 Å². The lowest BCUT2D eigenvalue weighted by Gasteiger charge is -2.09. The van der Waals surface area contributed by atoms with Gasteiger partial charge in [0.05, 0.1) is 9.95 Å². The number of aromatic hydroxyl groups is 1. The number of phenols is 1. The number of nitrogens with one attached hydrogen (secondary N) is 1. The molecule has 0 radical (unpaired) electrons. The van der Waals surface area contributed by atoms with Gasteiger partial charge in [-0.1, -0.05) is 23.7 Å². The predicted octanol–water partition coefficient (Wildman–Crippen LogP) is 3.71. The first-order chi connectivity index (χ1) is 9.49. The number of nitrogens with zero attached hydrogens (tertiary/aromatic N) is 1. The summed E-state index contributed by atoms with van der Waals surface area (Å²) in [5.41, 5.74) is 0.141. The maximum Gasteiger partial charge on any atom is 0.295 e. The summed E-state index contributed by atoms with van der Waals surface area (Å²) in [5, 5.41) is 22.9. The normalized spacial score (nSPS) is 10.3. The van der Waals surface area contributed by atoms with E-state index in [-0.39, 0.29) is 28.7 Å². The van der Waals surface area contributed by atoms with Gasteiger partial charge in [-0.05, 0) is 23.8 Å². The number of hydrogen-bond acceptors (Lipinski definition) is 4. The summed E-state index contributed by atoms with van der Waals surface area (Å²) in [4.78, 5) is 10.2. The Hall–Kier alpha value is -2.34. The van der Waals surface area contributed by atoms with Gasteiger partial charge in [0, 0.05) is 12.6 Å². The van der Waals surface area contributed by atoms with E-state index in [0.717, 1.165) is 6.07 Å². The number of benzene rings is 2. The van der Waals surface area contributed by atoms with E-state index >= 15 is 0 Å². The van der Waals surface area contributed by atoms with Crippen LogP contribution in [0.1, 0.15) is 5.56 Å². The molecule has 2 aromatic rings. The molecule has 5 nitrogen and oxygen atoms in total. The number of rotatable bonds is 4. The lowest BCUT2D eigenvalue weighted by atomic mass is 10.2. The zero-order chi connectivity index (χ0) is 14.7. The molecule has 0 saturated carbocycles. The molecule has 2 rings (SSSR count). The zero-order valence-corrected chi connectivity index (χ0v) is 10.9. The highest BCUT2D eigenvalue weighted by molar-refractivity contribution is 6.32. The van der Waals surface area contributed by atoms with Crippen molar-refractivity contribution in [3.05, 3.63) is 62.9 Å². The average Bonchev–Trinajstić information content (AvgIpc) is 2.40. The van der Waals surface area contributed by atoms with Crippen LogP contribution in [0.4, 0.5) is 15.8 Å².